The maximum Gasteiger partial charge on any atom is 0.141 e. The normalized spacial score (nSPS) is 49.6. The van der Waals surface area contributed by atoms with E-state index in [4.69, 9.17) is 4.84 Å². The zero-order valence-corrected chi connectivity index (χ0v) is 17.6. The van der Waals surface area contributed by atoms with E-state index in [-0.39, 0.29) is 11.5 Å². The van der Waals surface area contributed by atoms with Crippen LogP contribution >= 0.6 is 0 Å². The maximum atomic E-state index is 12.6. The summed E-state index contributed by atoms with van der Waals surface area (Å²) in [4.78, 5) is 18.5. The highest BCUT2D eigenvalue weighted by Gasteiger charge is 2.61. The molecule has 28 heavy (non-hydrogen) atoms. The second-order valence-corrected chi connectivity index (χ2v) is 10.8. The fourth-order valence-corrected chi connectivity index (χ4v) is 7.66. The summed E-state index contributed by atoms with van der Waals surface area (Å²) in [6.45, 7) is 11.3. The first-order valence-corrected chi connectivity index (χ1v) is 11.5. The molecule has 0 aromatic rings. The number of ketones is 1. The van der Waals surface area contributed by atoms with Crippen LogP contribution in [-0.2, 0) is 9.63 Å². The number of allylic oxidation sites excluding steroid dienone is 1. The maximum absolute atomic E-state index is 12.6. The minimum absolute atomic E-state index is 0.0717. The number of carbonyl (C=O) groups excluding carboxylic acids is 1. The Kier molecular flexibility index (Phi) is 4.50. The number of hydrogen-bond donors (Lipinski definition) is 1. The molecule has 0 radical (unpaired) electrons. The zero-order valence-electron chi connectivity index (χ0n) is 17.6. The van der Waals surface area contributed by atoms with Gasteiger partial charge in [-0.05, 0) is 80.6 Å². The van der Waals surface area contributed by atoms with E-state index in [1.807, 2.05) is 0 Å². The highest BCUT2D eigenvalue weighted by atomic mass is 16.6. The van der Waals surface area contributed by atoms with Gasteiger partial charge in [0, 0.05) is 24.8 Å². The Bertz CT molecular complexity index is 709. The van der Waals surface area contributed by atoms with Crippen LogP contribution in [0.3, 0.4) is 0 Å². The van der Waals surface area contributed by atoms with Crippen molar-refractivity contribution in [3.05, 3.63) is 12.2 Å². The summed E-state index contributed by atoms with van der Waals surface area (Å²) < 4.78 is 0. The lowest BCUT2D eigenvalue weighted by Gasteiger charge is -2.60. The van der Waals surface area contributed by atoms with Gasteiger partial charge in [-0.1, -0.05) is 31.2 Å². The smallest absolute Gasteiger partial charge is 0.141 e. The quantitative estimate of drug-likeness (QED) is 0.563. The van der Waals surface area contributed by atoms with E-state index in [0.717, 1.165) is 58.0 Å². The predicted molar refractivity (Wildman–Crippen MR) is 111 cm³/mol. The Hall–Kier alpha value is -1.16. The summed E-state index contributed by atoms with van der Waals surface area (Å²) in [5.41, 5.74) is 2.99. The Morgan fingerprint density at radius 3 is 2.75 bits per heavy atom. The number of nitrogens with zero attached hydrogens (tertiary/aromatic N) is 1. The highest BCUT2D eigenvalue weighted by Crippen LogP contribution is 2.66. The van der Waals surface area contributed by atoms with Crippen LogP contribution in [0.1, 0.15) is 71.6 Å². The van der Waals surface area contributed by atoms with E-state index >= 15 is 0 Å². The molecule has 4 saturated carbocycles. The van der Waals surface area contributed by atoms with Crippen molar-refractivity contribution >= 4 is 11.5 Å². The number of carbonyl (C=O) groups is 1. The van der Waals surface area contributed by atoms with E-state index in [1.165, 1.54) is 24.1 Å². The van der Waals surface area contributed by atoms with Crippen molar-refractivity contribution in [1.29, 1.82) is 0 Å². The van der Waals surface area contributed by atoms with E-state index in [2.05, 4.69) is 30.9 Å². The molecule has 1 aliphatic heterocycles. The van der Waals surface area contributed by atoms with E-state index < -0.39 is 0 Å². The molecule has 1 N–H and O–H groups in total. The fourth-order valence-electron chi connectivity index (χ4n) is 7.66. The Morgan fingerprint density at radius 1 is 1.11 bits per heavy atom. The van der Waals surface area contributed by atoms with E-state index in [1.54, 1.807) is 0 Å². The lowest BCUT2D eigenvalue weighted by molar-refractivity contribution is -0.133. The van der Waals surface area contributed by atoms with Crippen molar-refractivity contribution in [2.24, 2.45) is 39.7 Å². The molecule has 0 aromatic carbocycles. The van der Waals surface area contributed by atoms with Crippen molar-refractivity contribution < 1.29 is 9.63 Å². The predicted octanol–water partition coefficient (Wildman–Crippen LogP) is 4.50. The number of oxime groups is 1. The molecule has 0 unspecified atom stereocenters. The van der Waals surface area contributed by atoms with Crippen molar-refractivity contribution in [2.45, 2.75) is 77.7 Å². The summed E-state index contributed by atoms with van der Waals surface area (Å²) in [5, 5.41) is 7.94. The SMILES string of the molecule is C=C1C[C@H]2CC(=NO[C@@H]3CCNC3)CC[C@]2(C)[C@H]2CC[C@]3(C)C(=O)CC[C@H]3[C@H]12. The van der Waals surface area contributed by atoms with E-state index in [0.29, 0.717) is 34.9 Å². The number of hydrogen-bond acceptors (Lipinski definition) is 4. The number of rotatable bonds is 2. The standard InChI is InChI=1S/C24H36N2O2/c1-15-12-16-13-17(26-28-18-8-11-25-14-18)6-9-23(16,2)20-7-10-24(3)19(22(15)20)4-5-21(24)27/h16,18-20,22,25H,1,4-14H2,2-3H3/t16-,18+,19-,20-,22-,23-,24-/m0/s1. The van der Waals surface area contributed by atoms with Gasteiger partial charge in [-0.3, -0.25) is 4.79 Å². The molecule has 154 valence electrons. The lowest BCUT2D eigenvalue weighted by Crippen LogP contribution is -2.54. The van der Waals surface area contributed by atoms with Crippen LogP contribution in [0.4, 0.5) is 0 Å². The van der Waals surface area contributed by atoms with Gasteiger partial charge in [0.2, 0.25) is 0 Å². The molecule has 5 rings (SSSR count). The molecular formula is C24H36N2O2. The lowest BCUT2D eigenvalue weighted by atomic mass is 9.44. The molecule has 0 spiro atoms. The average Bonchev–Trinajstić information content (AvgIpc) is 3.29. The number of Topliss-reactive ketones (excluding diaryl/α,β-unsaturated/α-hetero) is 1. The van der Waals surface area contributed by atoms with Crippen LogP contribution in [0, 0.1) is 34.5 Å². The first-order chi connectivity index (χ1) is 13.4. The Balaban J connectivity index is 1.35. The third-order valence-corrected chi connectivity index (χ3v) is 9.52. The summed E-state index contributed by atoms with van der Waals surface area (Å²) in [7, 11) is 0. The molecule has 1 saturated heterocycles. The van der Waals surface area contributed by atoms with Gasteiger partial charge in [-0.15, -0.1) is 0 Å². The first kappa shape index (κ1) is 18.8. The minimum Gasteiger partial charge on any atom is -0.391 e. The van der Waals surface area contributed by atoms with Crippen LogP contribution in [0.2, 0.25) is 0 Å². The summed E-state index contributed by atoms with van der Waals surface area (Å²) in [6.07, 6.45) is 9.96. The third kappa shape index (κ3) is 2.74. The number of nitrogens with one attached hydrogen (secondary N) is 1. The van der Waals surface area contributed by atoms with Gasteiger partial charge in [0.15, 0.2) is 0 Å². The van der Waals surface area contributed by atoms with Gasteiger partial charge < -0.3 is 10.2 Å². The van der Waals surface area contributed by atoms with Crippen LogP contribution in [0.15, 0.2) is 17.3 Å². The molecule has 0 bridgehead atoms. The molecule has 1 heterocycles. The molecular weight excluding hydrogens is 348 g/mol. The van der Waals surface area contributed by atoms with Crippen molar-refractivity contribution in [3.8, 4) is 0 Å². The van der Waals surface area contributed by atoms with E-state index in [9.17, 15) is 4.79 Å². The minimum atomic E-state index is -0.0717. The summed E-state index contributed by atoms with van der Waals surface area (Å²) in [5.74, 6) is 2.96. The molecule has 5 fully saturated rings. The van der Waals surface area contributed by atoms with Gasteiger partial charge in [-0.2, -0.15) is 0 Å². The second-order valence-electron chi connectivity index (χ2n) is 10.8. The fraction of sp³-hybridized carbons (Fsp3) is 0.833. The summed E-state index contributed by atoms with van der Waals surface area (Å²) >= 11 is 0. The molecule has 7 atom stereocenters. The molecule has 0 amide bonds. The van der Waals surface area contributed by atoms with Gasteiger partial charge >= 0.3 is 0 Å². The second kappa shape index (κ2) is 6.68. The molecule has 5 aliphatic rings. The third-order valence-electron chi connectivity index (χ3n) is 9.52. The van der Waals surface area contributed by atoms with Crippen LogP contribution < -0.4 is 5.32 Å². The first-order valence-electron chi connectivity index (χ1n) is 11.5. The largest absolute Gasteiger partial charge is 0.391 e. The van der Waals surface area contributed by atoms with Crippen LogP contribution in [-0.4, -0.2) is 30.7 Å². The average molecular weight is 385 g/mol. The molecule has 0 aromatic heterocycles. The van der Waals surface area contributed by atoms with Gasteiger partial charge in [0.25, 0.3) is 0 Å². The Labute approximate surface area is 169 Å². The van der Waals surface area contributed by atoms with Gasteiger partial charge in [-0.25, -0.2) is 0 Å². The van der Waals surface area contributed by atoms with Crippen molar-refractivity contribution in [1.82, 2.24) is 5.32 Å². The highest BCUT2D eigenvalue weighted by molar-refractivity contribution is 5.87. The molecule has 4 nitrogen and oxygen atoms in total. The molecule has 4 aliphatic carbocycles. The zero-order chi connectivity index (χ0) is 19.5. The topological polar surface area (TPSA) is 50.7 Å². The molecule has 4 heteroatoms. The van der Waals surface area contributed by atoms with Gasteiger partial charge in [0.05, 0.1) is 5.71 Å². The van der Waals surface area contributed by atoms with Crippen LogP contribution in [0.5, 0.6) is 0 Å². The van der Waals surface area contributed by atoms with Crippen molar-refractivity contribution in [2.75, 3.05) is 13.1 Å². The van der Waals surface area contributed by atoms with Crippen molar-refractivity contribution in [3.63, 3.8) is 0 Å². The van der Waals surface area contributed by atoms with Gasteiger partial charge in [0.1, 0.15) is 11.9 Å². The van der Waals surface area contributed by atoms with Crippen LogP contribution in [0.25, 0.3) is 0 Å². The number of fused-ring (bicyclic) bond motifs is 5. The summed E-state index contributed by atoms with van der Waals surface area (Å²) in [6, 6.07) is 0. The Morgan fingerprint density at radius 2 is 1.96 bits per heavy atom. The monoisotopic (exact) mass is 384 g/mol.